The zero-order valence-corrected chi connectivity index (χ0v) is 31.4. The summed E-state index contributed by atoms with van der Waals surface area (Å²) in [5.41, 5.74) is 1.73. The van der Waals surface area contributed by atoms with Crippen molar-refractivity contribution in [2.75, 3.05) is 27.3 Å². The topological polar surface area (TPSA) is 175 Å². The van der Waals surface area contributed by atoms with Crippen molar-refractivity contribution in [2.24, 2.45) is 5.92 Å². The number of benzene rings is 1. The molecule has 2 saturated heterocycles. The van der Waals surface area contributed by atoms with Gasteiger partial charge in [-0.1, -0.05) is 44.2 Å². The van der Waals surface area contributed by atoms with Gasteiger partial charge in [-0.25, -0.2) is 19.6 Å². The number of carbonyl (C=O) groups is 4. The molecule has 2 aliphatic rings. The Hall–Kier alpha value is -5.62. The van der Waals surface area contributed by atoms with Gasteiger partial charge in [0.15, 0.2) is 0 Å². The Morgan fingerprint density at radius 2 is 1.25 bits per heavy atom. The predicted octanol–water partition coefficient (Wildman–Crippen LogP) is 4.19. The summed E-state index contributed by atoms with van der Waals surface area (Å²) in [4.78, 5) is 69.7. The lowest BCUT2D eigenvalue weighted by Gasteiger charge is -2.29. The molecule has 0 radical (unpaired) electrons. The van der Waals surface area contributed by atoms with Crippen molar-refractivity contribution in [1.82, 2.24) is 40.4 Å². The van der Waals surface area contributed by atoms with Crippen LogP contribution in [0.5, 0.6) is 0 Å². The summed E-state index contributed by atoms with van der Waals surface area (Å²) >= 11 is 0. The summed E-state index contributed by atoms with van der Waals surface area (Å²) in [6.07, 6.45) is 4.87. The lowest BCUT2D eigenvalue weighted by atomic mass is 10.0. The summed E-state index contributed by atoms with van der Waals surface area (Å²) in [5.74, 6) is 17.4. The van der Waals surface area contributed by atoms with Gasteiger partial charge in [-0.15, -0.1) is 24.8 Å². The van der Waals surface area contributed by atoms with Crippen LogP contribution in [0.2, 0.25) is 0 Å². The first-order chi connectivity index (χ1) is 24.7. The first-order valence-electron chi connectivity index (χ1n) is 16.7. The van der Waals surface area contributed by atoms with Crippen LogP contribution in [0.1, 0.15) is 86.3 Å². The second-order valence-electron chi connectivity index (χ2n) is 12.3. The molecule has 4 amide bonds. The molecule has 4 atom stereocenters. The fourth-order valence-corrected chi connectivity index (χ4v) is 6.18. The first-order valence-corrected chi connectivity index (χ1v) is 16.7. The molecule has 2 fully saturated rings. The van der Waals surface area contributed by atoms with Crippen LogP contribution in [0.3, 0.4) is 0 Å². The van der Waals surface area contributed by atoms with E-state index in [-0.39, 0.29) is 54.6 Å². The second kappa shape index (κ2) is 19.8. The van der Waals surface area contributed by atoms with E-state index in [1.54, 1.807) is 34.3 Å². The van der Waals surface area contributed by atoms with Gasteiger partial charge in [-0.3, -0.25) is 9.59 Å². The number of likely N-dealkylation sites (tertiary alicyclic amines) is 2. The number of alkyl carbamates (subject to hydrolysis) is 2. The minimum absolute atomic E-state index is 0. The quantitative estimate of drug-likeness (QED) is 0.247. The summed E-state index contributed by atoms with van der Waals surface area (Å²) < 4.78 is 9.47. The lowest BCUT2D eigenvalue weighted by Crippen LogP contribution is -2.51. The molecule has 16 heteroatoms. The van der Waals surface area contributed by atoms with E-state index in [2.05, 4.69) is 66.1 Å². The van der Waals surface area contributed by atoms with Crippen LogP contribution in [0.25, 0.3) is 0 Å². The number of nitrogens with one attached hydrogen (secondary N) is 4. The molecule has 2 aromatic heterocycles. The Kier molecular flexibility index (Phi) is 15.6. The van der Waals surface area contributed by atoms with Gasteiger partial charge in [0.25, 0.3) is 5.91 Å². The Morgan fingerprint density at radius 3 is 1.74 bits per heavy atom. The van der Waals surface area contributed by atoms with Crippen LogP contribution in [0.4, 0.5) is 9.59 Å². The van der Waals surface area contributed by atoms with Crippen molar-refractivity contribution in [3.63, 3.8) is 0 Å². The van der Waals surface area contributed by atoms with Crippen molar-refractivity contribution in [3.05, 3.63) is 71.3 Å². The van der Waals surface area contributed by atoms with E-state index in [1.165, 1.54) is 14.2 Å². The van der Waals surface area contributed by atoms with Gasteiger partial charge in [0.1, 0.15) is 35.1 Å². The van der Waals surface area contributed by atoms with Gasteiger partial charge in [0, 0.05) is 13.1 Å². The third-order valence-electron chi connectivity index (χ3n) is 8.69. The van der Waals surface area contributed by atoms with Gasteiger partial charge in [-0.2, -0.15) is 0 Å². The Labute approximate surface area is 320 Å². The number of nitrogens with zero attached hydrogens (tertiary/aromatic N) is 4. The number of methoxy groups -OCH3 is 2. The van der Waals surface area contributed by atoms with E-state index >= 15 is 0 Å². The molecule has 4 heterocycles. The molecule has 0 bridgehead atoms. The van der Waals surface area contributed by atoms with Crippen LogP contribution in [-0.2, 0) is 19.1 Å². The van der Waals surface area contributed by atoms with E-state index in [0.29, 0.717) is 48.1 Å². The maximum Gasteiger partial charge on any atom is 0.407 e. The van der Waals surface area contributed by atoms with Gasteiger partial charge in [-0.05, 0) is 72.7 Å². The van der Waals surface area contributed by atoms with E-state index < -0.39 is 24.3 Å². The summed E-state index contributed by atoms with van der Waals surface area (Å²) in [6.45, 7) is 4.81. The Morgan fingerprint density at radius 1 is 0.755 bits per heavy atom. The first kappa shape index (κ1) is 41.8. The summed E-state index contributed by atoms with van der Waals surface area (Å²) in [5, 5.41) is 5.30. The molecule has 1 aromatic carbocycles. The highest BCUT2D eigenvalue weighted by atomic mass is 35.5. The number of H-pyrrole nitrogens is 2. The van der Waals surface area contributed by atoms with E-state index in [9.17, 15) is 19.2 Å². The highest BCUT2D eigenvalue weighted by Gasteiger charge is 2.38. The van der Waals surface area contributed by atoms with Crippen LogP contribution in [-0.4, -0.2) is 87.1 Å². The van der Waals surface area contributed by atoms with E-state index in [1.807, 2.05) is 32.0 Å². The normalized spacial score (nSPS) is 16.8. The number of imidazole rings is 2. The largest absolute Gasteiger partial charge is 0.453 e. The van der Waals surface area contributed by atoms with Crippen LogP contribution < -0.4 is 10.6 Å². The number of hydrogen-bond donors (Lipinski definition) is 4. The average Bonchev–Trinajstić information content (AvgIpc) is 3.97. The Balaban J connectivity index is 0.00000378. The van der Waals surface area contributed by atoms with Crippen LogP contribution >= 0.6 is 24.8 Å². The number of rotatable bonds is 8. The van der Waals surface area contributed by atoms with Gasteiger partial charge >= 0.3 is 12.2 Å². The monoisotopic (exact) mass is 764 g/mol. The highest BCUT2D eigenvalue weighted by molar-refractivity contribution is 5.88. The third kappa shape index (κ3) is 10.5. The lowest BCUT2D eigenvalue weighted by molar-refractivity contribution is -0.135. The summed E-state index contributed by atoms with van der Waals surface area (Å²) in [6, 6.07) is 6.84. The molecule has 0 saturated carbocycles. The highest BCUT2D eigenvalue weighted by Crippen LogP contribution is 2.33. The van der Waals surface area contributed by atoms with E-state index in [4.69, 9.17) is 9.47 Å². The van der Waals surface area contributed by atoms with Crippen molar-refractivity contribution in [2.45, 2.75) is 63.7 Å². The van der Waals surface area contributed by atoms with Gasteiger partial charge < -0.3 is 39.9 Å². The fourth-order valence-electron chi connectivity index (χ4n) is 6.18. The molecule has 5 rings (SSSR count). The zero-order chi connectivity index (χ0) is 36.3. The van der Waals surface area contributed by atoms with Crippen molar-refractivity contribution >= 4 is 48.8 Å². The molecule has 0 aliphatic carbocycles. The number of carbonyl (C=O) groups excluding carboxylic acids is 4. The maximum atomic E-state index is 13.7. The average molecular weight is 766 g/mol. The minimum atomic E-state index is -0.904. The fraction of sp³-hybridized carbons (Fsp3) is 0.405. The number of aromatic amines is 2. The molecule has 14 nitrogen and oxygen atoms in total. The smallest absolute Gasteiger partial charge is 0.407 e. The predicted molar refractivity (Wildman–Crippen MR) is 199 cm³/mol. The second-order valence-corrected chi connectivity index (χ2v) is 12.3. The number of aromatic nitrogens is 4. The number of hydrogen-bond acceptors (Lipinski definition) is 8. The van der Waals surface area contributed by atoms with E-state index in [0.717, 1.165) is 19.3 Å². The molecule has 280 valence electrons. The van der Waals surface area contributed by atoms with Crippen LogP contribution in [0, 0.1) is 41.4 Å². The molecule has 2 aliphatic heterocycles. The molecule has 0 spiro atoms. The van der Waals surface area contributed by atoms with Gasteiger partial charge in [0.2, 0.25) is 5.91 Å². The maximum absolute atomic E-state index is 13.7. The molecular weight excluding hydrogens is 723 g/mol. The molecule has 4 N–H and O–H groups in total. The van der Waals surface area contributed by atoms with Gasteiger partial charge in [0.05, 0.1) is 38.7 Å². The molecular formula is C37H42Cl2N8O6. The van der Waals surface area contributed by atoms with Crippen molar-refractivity contribution in [3.8, 4) is 35.5 Å². The number of ether oxygens (including phenoxy) is 2. The Bertz CT molecular complexity index is 1930. The summed E-state index contributed by atoms with van der Waals surface area (Å²) in [7, 11) is 2.52. The SMILES string of the molecule is COC(=O)N[C@H](C(=O)N1CCC[C@H]1c1ncc(C#CC#CC#Cc2cnc([C@@H]3CCCN3C(=O)[C@H](NC(=O)OC)c3ccccc3)[nH]2)[nH]1)C(C)C.Cl.Cl. The minimum Gasteiger partial charge on any atom is -0.453 e. The third-order valence-corrected chi connectivity index (χ3v) is 8.69. The van der Waals surface area contributed by atoms with Crippen LogP contribution in [0.15, 0.2) is 42.7 Å². The molecule has 53 heavy (non-hydrogen) atoms. The number of halogens is 2. The zero-order valence-electron chi connectivity index (χ0n) is 29.7. The molecule has 0 unspecified atom stereocenters. The van der Waals surface area contributed by atoms with Crippen molar-refractivity contribution < 1.29 is 28.7 Å². The molecule has 3 aromatic rings. The standard InChI is InChI=1S/C37H40N8O6.2ClH/c1-24(2)30(42-36(48)50-3)34(46)44-20-12-18-28(44)32-38-22-26(40-32)16-10-5-6-11-17-27-23-39-33(41-27)29-19-13-21-45(29)35(47)31(43-37(49)51-4)25-14-8-7-9-15-25;;/h7-9,14-15,22-24,28-31H,12-13,18-21H2,1-4H3,(H,38,40)(H,39,41)(H,42,48)(H,43,49);2*1H/t28-,29-,30-,31+;;/m0../s1. The van der Waals surface area contributed by atoms with Crippen molar-refractivity contribution in [1.29, 1.82) is 0 Å². The number of amides is 4.